The summed E-state index contributed by atoms with van der Waals surface area (Å²) in [5.41, 5.74) is -2.73. The van der Waals surface area contributed by atoms with E-state index in [1.54, 1.807) is 0 Å². The van der Waals surface area contributed by atoms with E-state index in [1.807, 2.05) is 27.7 Å². The van der Waals surface area contributed by atoms with E-state index in [1.165, 1.54) is 7.11 Å². The third-order valence-electron chi connectivity index (χ3n) is 10.5. The lowest BCUT2D eigenvalue weighted by Crippen LogP contribution is -2.74. The molecule has 5 rings (SSSR count). The highest BCUT2D eigenvalue weighted by Crippen LogP contribution is 2.71. The van der Waals surface area contributed by atoms with Gasteiger partial charge in [-0.2, -0.15) is 0 Å². The molecule has 0 bridgehead atoms. The zero-order valence-electron chi connectivity index (χ0n) is 21.1. The van der Waals surface area contributed by atoms with Gasteiger partial charge in [-0.15, -0.1) is 0 Å². The first-order valence-electron chi connectivity index (χ1n) is 12.7. The number of aliphatic hydroxyl groups excluding tert-OH is 1. The number of aliphatic hydroxyl groups is 1. The average molecular weight is 493 g/mol. The number of cyclic esters (lactones) is 1. The molecule has 3 aliphatic carbocycles. The number of hydrogen-bond acceptors (Lipinski definition) is 9. The van der Waals surface area contributed by atoms with Crippen molar-refractivity contribution < 1.29 is 43.5 Å². The lowest BCUT2D eigenvalue weighted by atomic mass is 9.35. The Morgan fingerprint density at radius 2 is 1.80 bits per heavy atom. The van der Waals surface area contributed by atoms with Crippen LogP contribution >= 0.6 is 0 Å². The van der Waals surface area contributed by atoms with Crippen molar-refractivity contribution in [3.63, 3.8) is 0 Å². The molecule has 0 aromatic heterocycles. The second-order valence-electron chi connectivity index (χ2n) is 12.2. The smallest absolute Gasteiger partial charge is 0.306 e. The van der Waals surface area contributed by atoms with Crippen molar-refractivity contribution in [2.24, 2.45) is 45.8 Å². The quantitative estimate of drug-likeness (QED) is 0.356. The van der Waals surface area contributed by atoms with E-state index in [9.17, 15) is 24.3 Å². The van der Waals surface area contributed by atoms with E-state index in [4.69, 9.17) is 19.2 Å². The fraction of sp³-hybridized carbons (Fsp3) is 0.846. The summed E-state index contributed by atoms with van der Waals surface area (Å²) in [6, 6.07) is 0. The molecule has 0 spiro atoms. The molecule has 0 radical (unpaired) electrons. The molecule has 194 valence electrons. The topological polar surface area (TPSA) is 125 Å². The standard InChI is InChI=1S/C26H36O9/c1-12-6-15(27)23(31)25(3)14(12)8-18-26(4)17(9-20(29)34-18)24(2,10-16(21(25)26)35-32-5)22(30)13-7-19(28)33-11-13/h12-18,21,27H,6-11H2,1-5H3. The van der Waals surface area contributed by atoms with Crippen LogP contribution in [0.4, 0.5) is 0 Å². The molecule has 0 amide bonds. The fourth-order valence-corrected chi connectivity index (χ4v) is 9.17. The number of esters is 2. The van der Waals surface area contributed by atoms with Gasteiger partial charge >= 0.3 is 11.9 Å². The molecule has 9 nitrogen and oxygen atoms in total. The van der Waals surface area contributed by atoms with Gasteiger partial charge in [0.05, 0.1) is 25.6 Å². The zero-order chi connectivity index (χ0) is 25.5. The van der Waals surface area contributed by atoms with Gasteiger partial charge in [0.1, 0.15) is 24.6 Å². The van der Waals surface area contributed by atoms with Crippen molar-refractivity contribution >= 4 is 23.5 Å². The van der Waals surface area contributed by atoms with E-state index < -0.39 is 58.3 Å². The Hall–Kier alpha value is -1.84. The van der Waals surface area contributed by atoms with Crippen LogP contribution in [0.15, 0.2) is 0 Å². The van der Waals surface area contributed by atoms with Gasteiger partial charge in [-0.05, 0) is 37.0 Å². The first kappa shape index (κ1) is 24.8. The number of carbonyl (C=O) groups excluding carboxylic acids is 4. The maximum atomic E-state index is 14.0. The van der Waals surface area contributed by atoms with Crippen molar-refractivity contribution in [3.8, 4) is 0 Å². The Bertz CT molecular complexity index is 962. The van der Waals surface area contributed by atoms with Crippen LogP contribution < -0.4 is 0 Å². The molecule has 0 aromatic carbocycles. The van der Waals surface area contributed by atoms with E-state index in [0.717, 1.165) is 0 Å². The number of Topliss-reactive ketones (excluding diaryl/α,β-unsaturated/α-hetero) is 2. The van der Waals surface area contributed by atoms with Gasteiger partial charge in [-0.25, -0.2) is 9.78 Å². The van der Waals surface area contributed by atoms with Crippen LogP contribution in [0.3, 0.4) is 0 Å². The van der Waals surface area contributed by atoms with E-state index in [-0.39, 0.29) is 55.2 Å². The molecule has 3 saturated carbocycles. The summed E-state index contributed by atoms with van der Waals surface area (Å²) in [5.74, 6) is -2.61. The number of carbonyl (C=O) groups is 4. The van der Waals surface area contributed by atoms with Crippen LogP contribution in [0.5, 0.6) is 0 Å². The number of fused-ring (bicyclic) bond motifs is 2. The summed E-state index contributed by atoms with van der Waals surface area (Å²) in [7, 11) is 1.40. The Kier molecular flexibility index (Phi) is 5.73. The highest BCUT2D eigenvalue weighted by molar-refractivity contribution is 5.93. The maximum Gasteiger partial charge on any atom is 0.306 e. The van der Waals surface area contributed by atoms with Crippen molar-refractivity contribution in [1.82, 2.24) is 0 Å². The van der Waals surface area contributed by atoms with Crippen LogP contribution in [0.1, 0.15) is 59.8 Å². The molecular weight excluding hydrogens is 456 g/mol. The number of ether oxygens (including phenoxy) is 2. The van der Waals surface area contributed by atoms with E-state index in [2.05, 4.69) is 0 Å². The Balaban J connectivity index is 1.66. The van der Waals surface area contributed by atoms with Gasteiger partial charge in [0.25, 0.3) is 0 Å². The second kappa shape index (κ2) is 8.08. The molecular formula is C26H36O9. The molecule has 9 heteroatoms. The van der Waals surface area contributed by atoms with Gasteiger partial charge in [-0.1, -0.05) is 27.7 Å². The van der Waals surface area contributed by atoms with Gasteiger partial charge in [0.15, 0.2) is 5.78 Å². The maximum absolute atomic E-state index is 14.0. The molecule has 35 heavy (non-hydrogen) atoms. The molecule has 11 atom stereocenters. The van der Waals surface area contributed by atoms with Crippen molar-refractivity contribution in [3.05, 3.63) is 0 Å². The summed E-state index contributed by atoms with van der Waals surface area (Å²) in [6.45, 7) is 7.83. The lowest BCUT2D eigenvalue weighted by Gasteiger charge is -2.70. The normalized spacial score (nSPS) is 51.2. The Morgan fingerprint density at radius 1 is 1.09 bits per heavy atom. The number of rotatable bonds is 4. The molecule has 2 saturated heterocycles. The minimum absolute atomic E-state index is 0.0208. The zero-order valence-corrected chi connectivity index (χ0v) is 21.1. The van der Waals surface area contributed by atoms with Gasteiger partial charge in [-0.3, -0.25) is 19.2 Å². The Labute approximate surface area is 205 Å². The second-order valence-corrected chi connectivity index (χ2v) is 12.2. The molecule has 5 fully saturated rings. The average Bonchev–Trinajstić information content (AvgIpc) is 3.22. The monoisotopic (exact) mass is 492 g/mol. The van der Waals surface area contributed by atoms with Crippen molar-refractivity contribution in [2.75, 3.05) is 13.7 Å². The molecule has 2 heterocycles. The van der Waals surface area contributed by atoms with Crippen molar-refractivity contribution in [2.45, 2.75) is 78.1 Å². The first-order chi connectivity index (χ1) is 16.4. The molecule has 11 unspecified atom stereocenters. The van der Waals surface area contributed by atoms with Gasteiger partial charge < -0.3 is 14.6 Å². The van der Waals surface area contributed by atoms with Crippen LogP contribution in [-0.4, -0.2) is 60.6 Å². The largest absolute Gasteiger partial charge is 0.465 e. The predicted molar refractivity (Wildman–Crippen MR) is 119 cm³/mol. The van der Waals surface area contributed by atoms with Crippen LogP contribution in [0, 0.1) is 45.8 Å². The number of hydrogen-bond donors (Lipinski definition) is 1. The third-order valence-corrected chi connectivity index (χ3v) is 10.5. The summed E-state index contributed by atoms with van der Waals surface area (Å²) in [4.78, 5) is 63.5. The van der Waals surface area contributed by atoms with E-state index >= 15 is 0 Å². The molecule has 1 N–H and O–H groups in total. The van der Waals surface area contributed by atoms with Gasteiger partial charge in [0.2, 0.25) is 0 Å². The fourth-order valence-electron chi connectivity index (χ4n) is 9.17. The lowest BCUT2D eigenvalue weighted by molar-refractivity contribution is -0.366. The van der Waals surface area contributed by atoms with Crippen LogP contribution in [-0.2, 0) is 38.4 Å². The minimum Gasteiger partial charge on any atom is -0.465 e. The van der Waals surface area contributed by atoms with Crippen molar-refractivity contribution in [1.29, 1.82) is 0 Å². The highest BCUT2D eigenvalue weighted by Gasteiger charge is 2.75. The SMILES string of the molecule is COOC1CC(C)(C(=O)C2COC(=O)C2)C2CC(=O)OC3CC4C(C)CC(O)C(=O)C4(C)C1C32C. The van der Waals surface area contributed by atoms with Crippen LogP contribution in [0.25, 0.3) is 0 Å². The third kappa shape index (κ3) is 3.23. The first-order valence-corrected chi connectivity index (χ1v) is 12.7. The summed E-state index contributed by atoms with van der Waals surface area (Å²) >= 11 is 0. The molecule has 0 aromatic rings. The molecule has 2 aliphatic heterocycles. The molecule has 5 aliphatic rings. The Morgan fingerprint density at radius 3 is 2.43 bits per heavy atom. The predicted octanol–water partition coefficient (Wildman–Crippen LogP) is 2.03. The summed E-state index contributed by atoms with van der Waals surface area (Å²) in [5, 5.41) is 10.7. The number of ketones is 2. The summed E-state index contributed by atoms with van der Waals surface area (Å²) < 4.78 is 11.1. The summed E-state index contributed by atoms with van der Waals surface area (Å²) in [6.07, 6.45) is -1.08. The minimum atomic E-state index is -1.07. The van der Waals surface area contributed by atoms with Crippen LogP contribution in [0.2, 0.25) is 0 Å². The van der Waals surface area contributed by atoms with Gasteiger partial charge in [0, 0.05) is 28.6 Å². The van der Waals surface area contributed by atoms with E-state index in [0.29, 0.717) is 12.8 Å². The highest BCUT2D eigenvalue weighted by atomic mass is 17.2.